The highest BCUT2D eigenvalue weighted by molar-refractivity contribution is 5.95. The van der Waals surface area contributed by atoms with Crippen LogP contribution in [0.5, 0.6) is 0 Å². The summed E-state index contributed by atoms with van der Waals surface area (Å²) in [5.41, 5.74) is 2.42. The molecule has 0 unspecified atom stereocenters. The van der Waals surface area contributed by atoms with E-state index in [9.17, 15) is 4.79 Å². The Morgan fingerprint density at radius 3 is 2.96 bits per heavy atom. The van der Waals surface area contributed by atoms with E-state index < -0.39 is 0 Å². The molecule has 4 rings (SSSR count). The molecular weight excluding hydrogens is 356 g/mol. The Labute approximate surface area is 165 Å². The molecule has 28 heavy (non-hydrogen) atoms. The smallest absolute Gasteiger partial charge is 0.257 e. The summed E-state index contributed by atoms with van der Waals surface area (Å²) in [7, 11) is 1.85. The lowest BCUT2D eigenvalue weighted by atomic mass is 9.73. The predicted molar refractivity (Wildman–Crippen MR) is 104 cm³/mol. The third-order valence-corrected chi connectivity index (χ3v) is 5.93. The van der Waals surface area contributed by atoms with Crippen molar-refractivity contribution in [3.05, 3.63) is 47.5 Å². The number of ether oxygens (including phenoxy) is 2. The predicted octanol–water partition coefficient (Wildman–Crippen LogP) is 2.35. The van der Waals surface area contributed by atoms with E-state index in [-0.39, 0.29) is 17.4 Å². The Bertz CT molecular complexity index is 822. The van der Waals surface area contributed by atoms with Crippen LogP contribution in [0.4, 0.5) is 0 Å². The van der Waals surface area contributed by atoms with Gasteiger partial charge in [-0.05, 0) is 43.9 Å². The summed E-state index contributed by atoms with van der Waals surface area (Å²) in [6.45, 7) is 5.21. The summed E-state index contributed by atoms with van der Waals surface area (Å²) >= 11 is 0. The molecule has 0 radical (unpaired) electrons. The monoisotopic (exact) mass is 384 g/mol. The molecule has 0 saturated carbocycles. The van der Waals surface area contributed by atoms with E-state index in [4.69, 9.17) is 9.47 Å². The van der Waals surface area contributed by atoms with Gasteiger partial charge in [-0.25, -0.2) is 0 Å². The number of rotatable bonds is 5. The quantitative estimate of drug-likeness (QED) is 0.791. The average Bonchev–Trinajstić information content (AvgIpc) is 3.05. The van der Waals surface area contributed by atoms with Crippen LogP contribution in [-0.2, 0) is 23.1 Å². The topological polar surface area (TPSA) is 69.5 Å². The van der Waals surface area contributed by atoms with Gasteiger partial charge in [0.15, 0.2) is 0 Å². The van der Waals surface area contributed by atoms with Gasteiger partial charge in [-0.2, -0.15) is 5.10 Å². The fraction of sp³-hybridized carbons (Fsp3) is 0.571. The van der Waals surface area contributed by atoms with Crippen molar-refractivity contribution < 1.29 is 14.3 Å². The van der Waals surface area contributed by atoms with Gasteiger partial charge in [0, 0.05) is 50.7 Å². The molecule has 4 heterocycles. The zero-order valence-electron chi connectivity index (χ0n) is 16.6. The molecule has 0 aliphatic carbocycles. The molecule has 0 spiro atoms. The summed E-state index contributed by atoms with van der Waals surface area (Å²) in [5, 5.41) is 4.32. The Kier molecular flexibility index (Phi) is 5.46. The summed E-state index contributed by atoms with van der Waals surface area (Å²) in [6.07, 6.45) is 8.39. The number of hydrogen-bond acceptors (Lipinski definition) is 5. The van der Waals surface area contributed by atoms with Crippen molar-refractivity contribution in [2.45, 2.75) is 38.9 Å². The third-order valence-electron chi connectivity index (χ3n) is 5.93. The maximum Gasteiger partial charge on any atom is 0.257 e. The molecule has 2 aliphatic rings. The van der Waals surface area contributed by atoms with Crippen molar-refractivity contribution in [3.8, 4) is 0 Å². The highest BCUT2D eigenvalue weighted by Gasteiger charge is 2.47. The number of carbonyl (C=O) groups is 1. The largest absolute Gasteiger partial charge is 0.377 e. The normalized spacial score (nSPS) is 24.8. The molecule has 2 fully saturated rings. The van der Waals surface area contributed by atoms with E-state index in [0.717, 1.165) is 37.1 Å². The molecule has 2 atom stereocenters. The third kappa shape index (κ3) is 3.82. The Balaban J connectivity index is 1.47. The number of aromatic nitrogens is 3. The lowest BCUT2D eigenvalue weighted by Crippen LogP contribution is -2.58. The molecule has 1 amide bonds. The second-order valence-electron chi connectivity index (χ2n) is 7.99. The summed E-state index contributed by atoms with van der Waals surface area (Å²) in [4.78, 5) is 19.1. The SMILES string of the molecule is Cc1nn(C)cc1C(=O)N1CC[C@H]2OCCC[C@]2(COCc2ccncc2)C1. The number of likely N-dealkylation sites (tertiary alicyclic amines) is 1. The van der Waals surface area contributed by atoms with Crippen molar-refractivity contribution in [2.75, 3.05) is 26.3 Å². The number of pyridine rings is 1. The van der Waals surface area contributed by atoms with E-state index in [2.05, 4.69) is 10.1 Å². The maximum atomic E-state index is 13.1. The minimum absolute atomic E-state index is 0.0585. The molecule has 7 nitrogen and oxygen atoms in total. The summed E-state index contributed by atoms with van der Waals surface area (Å²) in [6, 6.07) is 3.93. The Morgan fingerprint density at radius 1 is 1.39 bits per heavy atom. The zero-order valence-corrected chi connectivity index (χ0v) is 16.6. The number of nitrogens with zero attached hydrogens (tertiary/aromatic N) is 4. The number of aryl methyl sites for hydroxylation is 2. The van der Waals surface area contributed by atoms with E-state index in [1.807, 2.05) is 37.2 Å². The summed E-state index contributed by atoms with van der Waals surface area (Å²) in [5.74, 6) is 0.0585. The molecule has 0 aromatic carbocycles. The molecule has 2 aliphatic heterocycles. The fourth-order valence-corrected chi connectivity index (χ4v) is 4.51. The van der Waals surface area contributed by atoms with Gasteiger partial charge in [0.2, 0.25) is 0 Å². The first kappa shape index (κ1) is 19.1. The van der Waals surface area contributed by atoms with Crippen LogP contribution in [0.3, 0.4) is 0 Å². The van der Waals surface area contributed by atoms with Gasteiger partial charge >= 0.3 is 0 Å². The number of amides is 1. The molecule has 0 N–H and O–H groups in total. The minimum atomic E-state index is -0.144. The Morgan fingerprint density at radius 2 is 2.21 bits per heavy atom. The molecule has 2 saturated heterocycles. The van der Waals surface area contributed by atoms with Gasteiger partial charge in [0.05, 0.1) is 30.6 Å². The highest BCUT2D eigenvalue weighted by atomic mass is 16.5. The standard InChI is InChI=1S/C21H28N4O3/c1-16-18(12-24(2)23-16)20(26)25-10-6-19-21(14-25,7-3-11-28-19)15-27-13-17-4-8-22-9-5-17/h4-5,8-9,12,19H,3,6-7,10-11,13-15H2,1-2H3/t19-,21-/m1/s1. The van der Waals surface area contributed by atoms with Gasteiger partial charge in [-0.15, -0.1) is 0 Å². The van der Waals surface area contributed by atoms with Gasteiger partial charge in [-0.3, -0.25) is 14.5 Å². The van der Waals surface area contributed by atoms with Gasteiger partial charge in [-0.1, -0.05) is 0 Å². The first-order chi connectivity index (χ1) is 13.6. The maximum absolute atomic E-state index is 13.1. The first-order valence-corrected chi connectivity index (χ1v) is 9.95. The molecule has 7 heteroatoms. The fourth-order valence-electron chi connectivity index (χ4n) is 4.51. The van der Waals surface area contributed by atoms with Gasteiger partial charge < -0.3 is 14.4 Å². The lowest BCUT2D eigenvalue weighted by molar-refractivity contribution is -0.148. The number of hydrogen-bond donors (Lipinski definition) is 0. The molecular formula is C21H28N4O3. The van der Waals surface area contributed by atoms with Gasteiger partial charge in [0.25, 0.3) is 5.91 Å². The Hall–Kier alpha value is -2.25. The highest BCUT2D eigenvalue weighted by Crippen LogP contribution is 2.41. The van der Waals surface area contributed by atoms with Crippen LogP contribution in [0.25, 0.3) is 0 Å². The van der Waals surface area contributed by atoms with Crippen LogP contribution in [0.1, 0.15) is 40.9 Å². The van der Waals surface area contributed by atoms with E-state index in [0.29, 0.717) is 31.9 Å². The second-order valence-corrected chi connectivity index (χ2v) is 7.99. The van der Waals surface area contributed by atoms with E-state index >= 15 is 0 Å². The van der Waals surface area contributed by atoms with Crippen LogP contribution in [-0.4, -0.2) is 58.0 Å². The molecule has 2 aromatic rings. The number of fused-ring (bicyclic) bond motifs is 1. The van der Waals surface area contributed by atoms with Crippen LogP contribution in [0, 0.1) is 12.3 Å². The first-order valence-electron chi connectivity index (χ1n) is 9.95. The minimum Gasteiger partial charge on any atom is -0.377 e. The molecule has 2 aromatic heterocycles. The zero-order chi connectivity index (χ0) is 19.6. The van der Waals surface area contributed by atoms with Crippen molar-refractivity contribution in [1.82, 2.24) is 19.7 Å². The van der Waals surface area contributed by atoms with Crippen LogP contribution in [0.2, 0.25) is 0 Å². The van der Waals surface area contributed by atoms with Crippen molar-refractivity contribution in [2.24, 2.45) is 12.5 Å². The molecule has 0 bridgehead atoms. The number of carbonyl (C=O) groups excluding carboxylic acids is 1. The number of piperidine rings is 1. The van der Waals surface area contributed by atoms with E-state index in [1.165, 1.54) is 0 Å². The van der Waals surface area contributed by atoms with Gasteiger partial charge in [0.1, 0.15) is 0 Å². The van der Waals surface area contributed by atoms with Crippen molar-refractivity contribution in [1.29, 1.82) is 0 Å². The van der Waals surface area contributed by atoms with Crippen LogP contribution >= 0.6 is 0 Å². The molecule has 150 valence electrons. The van der Waals surface area contributed by atoms with Crippen LogP contribution in [0.15, 0.2) is 30.7 Å². The van der Waals surface area contributed by atoms with Crippen molar-refractivity contribution in [3.63, 3.8) is 0 Å². The van der Waals surface area contributed by atoms with Crippen LogP contribution < -0.4 is 0 Å². The van der Waals surface area contributed by atoms with E-state index in [1.54, 1.807) is 17.1 Å². The average molecular weight is 384 g/mol. The summed E-state index contributed by atoms with van der Waals surface area (Å²) < 4.78 is 13.9. The lowest BCUT2D eigenvalue weighted by Gasteiger charge is -2.50. The van der Waals surface area contributed by atoms with Crippen molar-refractivity contribution >= 4 is 5.91 Å². The second kappa shape index (κ2) is 8.01.